The van der Waals surface area contributed by atoms with Gasteiger partial charge in [-0.15, -0.1) is 0 Å². The number of piperidine rings is 1. The number of carboxylic acid groups (broad SMARTS) is 2. The van der Waals surface area contributed by atoms with E-state index in [1.54, 1.807) is 0 Å². The van der Waals surface area contributed by atoms with Crippen LogP contribution in [0.15, 0.2) is 0 Å². The quantitative estimate of drug-likeness (QED) is 0.630. The minimum absolute atomic E-state index is 0.0266. The van der Waals surface area contributed by atoms with Gasteiger partial charge in [-0.2, -0.15) is 0 Å². The van der Waals surface area contributed by atoms with Gasteiger partial charge in [0.15, 0.2) is 0 Å². The number of ketones is 1. The zero-order valence-electron chi connectivity index (χ0n) is 11.5. The third kappa shape index (κ3) is 4.44. The van der Waals surface area contributed by atoms with Crippen molar-refractivity contribution in [1.82, 2.24) is 4.90 Å². The van der Waals surface area contributed by atoms with Crippen LogP contribution in [-0.4, -0.2) is 51.0 Å². The van der Waals surface area contributed by atoms with Crippen LogP contribution >= 0.6 is 0 Å². The third-order valence-electron chi connectivity index (χ3n) is 3.26. The van der Waals surface area contributed by atoms with E-state index in [1.807, 2.05) is 0 Å². The number of rotatable bonds is 0. The van der Waals surface area contributed by atoms with Crippen LogP contribution in [0.1, 0.15) is 40.5 Å². The SMILES string of the molecule is CN1C(C)(C)CC(=O)CC1(C)C.O=C(O)C(=O)O. The summed E-state index contributed by atoms with van der Waals surface area (Å²) in [6.45, 7) is 8.52. The molecule has 0 unspecified atom stereocenters. The number of likely N-dealkylation sites (tertiary alicyclic amines) is 1. The lowest BCUT2D eigenvalue weighted by Crippen LogP contribution is -2.58. The summed E-state index contributed by atoms with van der Waals surface area (Å²) in [6.07, 6.45) is 1.37. The Kier molecular flexibility index (Phi) is 5.04. The summed E-state index contributed by atoms with van der Waals surface area (Å²) in [6, 6.07) is 0. The molecule has 18 heavy (non-hydrogen) atoms. The van der Waals surface area contributed by atoms with Crippen LogP contribution in [0.4, 0.5) is 0 Å². The second kappa shape index (κ2) is 5.48. The molecule has 0 amide bonds. The Balaban J connectivity index is 0.000000411. The molecule has 0 aromatic carbocycles. The molecular weight excluding hydrogens is 238 g/mol. The maximum atomic E-state index is 11.4. The fraction of sp³-hybridized carbons (Fsp3) is 0.750. The topological polar surface area (TPSA) is 94.9 Å². The molecule has 104 valence electrons. The maximum absolute atomic E-state index is 11.4. The molecule has 0 aromatic rings. The van der Waals surface area contributed by atoms with Crippen molar-refractivity contribution < 1.29 is 24.6 Å². The van der Waals surface area contributed by atoms with Crippen molar-refractivity contribution >= 4 is 17.7 Å². The molecule has 0 aromatic heterocycles. The van der Waals surface area contributed by atoms with Crippen LogP contribution in [0.2, 0.25) is 0 Å². The van der Waals surface area contributed by atoms with Gasteiger partial charge >= 0.3 is 11.9 Å². The smallest absolute Gasteiger partial charge is 0.414 e. The van der Waals surface area contributed by atoms with E-state index in [2.05, 4.69) is 39.6 Å². The highest BCUT2D eigenvalue weighted by atomic mass is 16.4. The highest BCUT2D eigenvalue weighted by molar-refractivity contribution is 6.27. The van der Waals surface area contributed by atoms with Crippen molar-refractivity contribution in [2.45, 2.75) is 51.6 Å². The Bertz CT molecular complexity index is 327. The average molecular weight is 259 g/mol. The van der Waals surface area contributed by atoms with Gasteiger partial charge in [0, 0.05) is 23.9 Å². The van der Waals surface area contributed by atoms with Crippen molar-refractivity contribution in [3.05, 3.63) is 0 Å². The van der Waals surface area contributed by atoms with Gasteiger partial charge in [-0.05, 0) is 34.7 Å². The number of aliphatic carboxylic acids is 2. The minimum atomic E-state index is -1.82. The number of carboxylic acids is 2. The molecule has 2 N–H and O–H groups in total. The third-order valence-corrected chi connectivity index (χ3v) is 3.26. The molecule has 0 atom stereocenters. The molecule has 1 aliphatic heterocycles. The van der Waals surface area contributed by atoms with Gasteiger partial charge in [0.25, 0.3) is 0 Å². The monoisotopic (exact) mass is 259 g/mol. The summed E-state index contributed by atoms with van der Waals surface area (Å²) in [5.41, 5.74) is 0.0532. The first-order chi connectivity index (χ1) is 7.90. The van der Waals surface area contributed by atoms with Gasteiger partial charge in [-0.3, -0.25) is 9.69 Å². The maximum Gasteiger partial charge on any atom is 0.414 e. The minimum Gasteiger partial charge on any atom is -0.473 e. The number of nitrogens with zero attached hydrogens (tertiary/aromatic N) is 1. The molecular formula is C12H21NO5. The van der Waals surface area contributed by atoms with Gasteiger partial charge in [0.2, 0.25) is 0 Å². The van der Waals surface area contributed by atoms with Crippen molar-refractivity contribution in [3.8, 4) is 0 Å². The first-order valence-electron chi connectivity index (χ1n) is 5.62. The van der Waals surface area contributed by atoms with E-state index in [-0.39, 0.29) is 11.1 Å². The van der Waals surface area contributed by atoms with Crippen molar-refractivity contribution in [3.63, 3.8) is 0 Å². The molecule has 1 saturated heterocycles. The fourth-order valence-electron chi connectivity index (χ4n) is 2.08. The lowest BCUT2D eigenvalue weighted by atomic mass is 9.80. The predicted octanol–water partition coefficient (Wildman–Crippen LogP) is 0.994. The van der Waals surface area contributed by atoms with Crippen LogP contribution in [0, 0.1) is 0 Å². The van der Waals surface area contributed by atoms with Crippen LogP contribution in [0.25, 0.3) is 0 Å². The van der Waals surface area contributed by atoms with Crippen molar-refractivity contribution in [1.29, 1.82) is 0 Å². The highest BCUT2D eigenvalue weighted by Crippen LogP contribution is 2.34. The summed E-state index contributed by atoms with van der Waals surface area (Å²) in [5.74, 6) is -3.26. The summed E-state index contributed by atoms with van der Waals surface area (Å²) in [7, 11) is 2.10. The first kappa shape index (κ1) is 16.6. The van der Waals surface area contributed by atoms with E-state index in [9.17, 15) is 4.79 Å². The Labute approximate surface area is 107 Å². The fourth-order valence-corrected chi connectivity index (χ4v) is 2.08. The molecule has 6 heteroatoms. The summed E-state index contributed by atoms with van der Waals surface area (Å²) in [5, 5.41) is 14.8. The van der Waals surface area contributed by atoms with E-state index < -0.39 is 11.9 Å². The molecule has 0 radical (unpaired) electrons. The van der Waals surface area contributed by atoms with E-state index in [0.717, 1.165) is 0 Å². The Morgan fingerprint density at radius 2 is 1.28 bits per heavy atom. The molecule has 0 bridgehead atoms. The summed E-state index contributed by atoms with van der Waals surface area (Å²) >= 11 is 0. The van der Waals surface area contributed by atoms with Gasteiger partial charge in [-0.25, -0.2) is 9.59 Å². The summed E-state index contributed by atoms with van der Waals surface area (Å²) in [4.78, 5) is 31.9. The molecule has 0 spiro atoms. The van der Waals surface area contributed by atoms with Gasteiger partial charge in [0.05, 0.1) is 0 Å². The number of hydrogen-bond acceptors (Lipinski definition) is 4. The second-order valence-electron chi connectivity index (χ2n) is 5.69. The average Bonchev–Trinajstić information content (AvgIpc) is 2.13. The lowest BCUT2D eigenvalue weighted by molar-refractivity contribution is -0.159. The van der Waals surface area contributed by atoms with Crippen molar-refractivity contribution in [2.24, 2.45) is 0 Å². The molecule has 1 fully saturated rings. The van der Waals surface area contributed by atoms with Crippen LogP contribution in [-0.2, 0) is 14.4 Å². The van der Waals surface area contributed by atoms with E-state index in [0.29, 0.717) is 18.6 Å². The molecule has 0 saturated carbocycles. The Hall–Kier alpha value is -1.43. The van der Waals surface area contributed by atoms with Crippen LogP contribution in [0.5, 0.6) is 0 Å². The van der Waals surface area contributed by atoms with E-state index >= 15 is 0 Å². The normalized spacial score (nSPS) is 21.7. The number of Topliss-reactive ketones (excluding diaryl/α,β-unsaturated/α-hetero) is 1. The first-order valence-corrected chi connectivity index (χ1v) is 5.62. The Morgan fingerprint density at radius 1 is 1.00 bits per heavy atom. The zero-order valence-corrected chi connectivity index (χ0v) is 11.5. The van der Waals surface area contributed by atoms with Crippen LogP contribution < -0.4 is 0 Å². The standard InChI is InChI=1S/C10H19NO.C2H2O4/c1-9(2)6-8(12)7-10(3,4)11(9)5;3-1(4)2(5)6/h6-7H2,1-5H3;(H,3,4)(H,5,6). The largest absolute Gasteiger partial charge is 0.473 e. The zero-order chi connectivity index (χ0) is 14.7. The molecule has 1 aliphatic rings. The molecule has 6 nitrogen and oxygen atoms in total. The Morgan fingerprint density at radius 3 is 1.50 bits per heavy atom. The molecule has 0 aliphatic carbocycles. The number of carbonyl (C=O) groups is 3. The van der Waals surface area contributed by atoms with Gasteiger partial charge in [0.1, 0.15) is 5.78 Å². The number of hydrogen-bond donors (Lipinski definition) is 2. The summed E-state index contributed by atoms with van der Waals surface area (Å²) < 4.78 is 0. The highest BCUT2D eigenvalue weighted by Gasteiger charge is 2.42. The second-order valence-corrected chi connectivity index (χ2v) is 5.69. The van der Waals surface area contributed by atoms with Gasteiger partial charge in [-0.1, -0.05) is 0 Å². The van der Waals surface area contributed by atoms with E-state index in [1.165, 1.54) is 0 Å². The number of carbonyl (C=O) groups excluding carboxylic acids is 1. The molecule has 1 heterocycles. The van der Waals surface area contributed by atoms with Crippen molar-refractivity contribution in [2.75, 3.05) is 7.05 Å². The van der Waals surface area contributed by atoms with E-state index in [4.69, 9.17) is 19.8 Å². The lowest BCUT2D eigenvalue weighted by Gasteiger charge is -2.50. The van der Waals surface area contributed by atoms with Gasteiger partial charge < -0.3 is 10.2 Å². The predicted molar refractivity (Wildman–Crippen MR) is 65.4 cm³/mol. The molecule has 1 rings (SSSR count). The van der Waals surface area contributed by atoms with Crippen LogP contribution in [0.3, 0.4) is 0 Å².